The summed E-state index contributed by atoms with van der Waals surface area (Å²) in [4.78, 5) is 38.2. The number of carbonyl (C=O) groups is 3. The second kappa shape index (κ2) is 10.1. The quantitative estimate of drug-likeness (QED) is 0.245. The predicted octanol–water partition coefficient (Wildman–Crippen LogP) is 1.14. The molecular weight excluding hydrogens is 555 g/mol. The second-order valence-electron chi connectivity index (χ2n) is 10.5. The standard InChI is InChI=1S/C27H26F3NO10/c1-10-20(33)14(31-25(38)27(28,29)30)6-16(40-10)41-15-8-26(39,9-32)7-13-17(15)24(37)19-18(23(13)36)21(34)11-4-2-3-5-12(11)22(19)35/h2-5,10,14-16,20,32-33,36-37,39H,6-9H2,1H3,(H,31,38)/t10-,14-,15-,16-,20+,26-/m0/s1. The van der Waals surface area contributed by atoms with Crippen molar-refractivity contribution < 1.29 is 62.6 Å². The average Bonchev–Trinajstić information content (AvgIpc) is 2.91. The number of rotatable bonds is 4. The van der Waals surface area contributed by atoms with E-state index in [0.29, 0.717) is 0 Å². The van der Waals surface area contributed by atoms with Crippen molar-refractivity contribution in [3.63, 3.8) is 0 Å². The molecular formula is C27H26F3NO10. The van der Waals surface area contributed by atoms with Crippen LogP contribution in [0.1, 0.15) is 68.8 Å². The van der Waals surface area contributed by atoms with E-state index in [1.807, 2.05) is 0 Å². The molecule has 0 spiro atoms. The van der Waals surface area contributed by atoms with Crippen LogP contribution < -0.4 is 5.32 Å². The maximum atomic E-state index is 13.4. The molecule has 6 atom stereocenters. The molecule has 5 rings (SSSR count). The number of alkyl halides is 3. The van der Waals surface area contributed by atoms with Crippen molar-refractivity contribution in [3.8, 4) is 11.5 Å². The van der Waals surface area contributed by atoms with Gasteiger partial charge < -0.3 is 40.3 Å². The van der Waals surface area contributed by atoms with Gasteiger partial charge in [0.2, 0.25) is 0 Å². The normalized spacial score (nSPS) is 29.4. The van der Waals surface area contributed by atoms with Gasteiger partial charge in [-0.25, -0.2) is 0 Å². The molecule has 0 saturated carbocycles. The highest BCUT2D eigenvalue weighted by Crippen LogP contribution is 2.51. The van der Waals surface area contributed by atoms with Crippen LogP contribution in [0, 0.1) is 0 Å². The van der Waals surface area contributed by atoms with E-state index in [4.69, 9.17) is 9.47 Å². The van der Waals surface area contributed by atoms with Gasteiger partial charge in [0, 0.05) is 41.5 Å². The molecule has 6 N–H and O–H groups in total. The monoisotopic (exact) mass is 581 g/mol. The number of aliphatic hydroxyl groups excluding tert-OH is 2. The van der Waals surface area contributed by atoms with Crippen LogP contribution in [0.25, 0.3) is 0 Å². The molecule has 1 heterocycles. The summed E-state index contributed by atoms with van der Waals surface area (Å²) in [5.41, 5.74) is -3.29. The van der Waals surface area contributed by atoms with Crippen LogP contribution in [0.5, 0.6) is 11.5 Å². The molecule has 0 unspecified atom stereocenters. The number of phenols is 2. The Balaban J connectivity index is 1.55. The third-order valence-corrected chi connectivity index (χ3v) is 7.74. The van der Waals surface area contributed by atoms with Crippen molar-refractivity contribution >= 4 is 17.5 Å². The summed E-state index contributed by atoms with van der Waals surface area (Å²) in [6.45, 7) is 0.484. The van der Waals surface area contributed by atoms with E-state index in [0.717, 1.165) is 0 Å². The first-order valence-electron chi connectivity index (χ1n) is 12.7. The lowest BCUT2D eigenvalue weighted by Gasteiger charge is -2.43. The first-order chi connectivity index (χ1) is 19.2. The molecule has 220 valence electrons. The van der Waals surface area contributed by atoms with Crippen LogP contribution >= 0.6 is 0 Å². The minimum Gasteiger partial charge on any atom is -0.507 e. The van der Waals surface area contributed by atoms with Crippen molar-refractivity contribution in [2.45, 2.75) is 68.6 Å². The van der Waals surface area contributed by atoms with E-state index >= 15 is 0 Å². The summed E-state index contributed by atoms with van der Waals surface area (Å²) >= 11 is 0. The first-order valence-corrected chi connectivity index (χ1v) is 12.7. The number of halogens is 3. The average molecular weight is 581 g/mol. The number of ether oxygens (including phenoxy) is 2. The number of aliphatic hydroxyl groups is 3. The van der Waals surface area contributed by atoms with Gasteiger partial charge in [0.15, 0.2) is 17.9 Å². The number of benzene rings is 2. The van der Waals surface area contributed by atoms with Gasteiger partial charge in [0.05, 0.1) is 41.6 Å². The van der Waals surface area contributed by atoms with Gasteiger partial charge in [-0.05, 0) is 6.92 Å². The number of fused-ring (bicyclic) bond motifs is 3. The van der Waals surface area contributed by atoms with Crippen molar-refractivity contribution in [2.75, 3.05) is 6.61 Å². The van der Waals surface area contributed by atoms with Gasteiger partial charge in [0.1, 0.15) is 17.6 Å². The summed E-state index contributed by atoms with van der Waals surface area (Å²) in [6.07, 6.45) is -12.1. The van der Waals surface area contributed by atoms with E-state index in [1.54, 1.807) is 5.32 Å². The number of hydrogen-bond donors (Lipinski definition) is 6. The minimum atomic E-state index is -5.22. The zero-order chi connectivity index (χ0) is 30.0. The third kappa shape index (κ3) is 4.85. The van der Waals surface area contributed by atoms with Gasteiger partial charge in [-0.1, -0.05) is 24.3 Å². The van der Waals surface area contributed by atoms with E-state index in [1.165, 1.54) is 31.2 Å². The highest BCUT2D eigenvalue weighted by Gasteiger charge is 2.48. The molecule has 1 aliphatic heterocycles. The van der Waals surface area contributed by atoms with Gasteiger partial charge >= 0.3 is 12.1 Å². The zero-order valence-electron chi connectivity index (χ0n) is 21.4. The molecule has 1 amide bonds. The number of nitrogens with one attached hydrogen (secondary N) is 1. The Morgan fingerprint density at radius 1 is 1.12 bits per heavy atom. The molecule has 0 radical (unpaired) electrons. The number of aromatic hydroxyl groups is 2. The molecule has 1 fully saturated rings. The summed E-state index contributed by atoms with van der Waals surface area (Å²) in [5.74, 6) is -5.21. The molecule has 0 bridgehead atoms. The topological polar surface area (TPSA) is 183 Å². The van der Waals surface area contributed by atoms with Crippen molar-refractivity contribution in [2.24, 2.45) is 0 Å². The minimum absolute atomic E-state index is 0.00391. The largest absolute Gasteiger partial charge is 0.507 e. The van der Waals surface area contributed by atoms with Crippen LogP contribution in [-0.4, -0.2) is 85.9 Å². The Morgan fingerprint density at radius 3 is 2.27 bits per heavy atom. The van der Waals surface area contributed by atoms with Crippen LogP contribution in [0.15, 0.2) is 24.3 Å². The zero-order valence-corrected chi connectivity index (χ0v) is 21.4. The Labute approximate surface area is 230 Å². The van der Waals surface area contributed by atoms with E-state index in [9.17, 15) is 53.1 Å². The number of phenolic OH excluding ortho intramolecular Hbond substituents is 2. The highest BCUT2D eigenvalue weighted by molar-refractivity contribution is 6.30. The summed E-state index contributed by atoms with van der Waals surface area (Å²) < 4.78 is 50.0. The fraction of sp³-hybridized carbons (Fsp3) is 0.444. The Kier molecular flexibility index (Phi) is 7.11. The molecule has 2 aliphatic carbocycles. The molecule has 11 nitrogen and oxygen atoms in total. The molecule has 41 heavy (non-hydrogen) atoms. The number of ketones is 2. The number of hydrogen-bond acceptors (Lipinski definition) is 10. The van der Waals surface area contributed by atoms with Gasteiger partial charge in [0.25, 0.3) is 0 Å². The van der Waals surface area contributed by atoms with E-state index in [2.05, 4.69) is 0 Å². The molecule has 2 aromatic carbocycles. The Morgan fingerprint density at radius 2 is 1.71 bits per heavy atom. The molecule has 0 aromatic heterocycles. The maximum Gasteiger partial charge on any atom is 0.471 e. The Bertz CT molecular complexity index is 1440. The summed E-state index contributed by atoms with van der Waals surface area (Å²) in [5, 5.41) is 55.5. The third-order valence-electron chi connectivity index (χ3n) is 7.74. The fourth-order valence-electron chi connectivity index (χ4n) is 5.71. The Hall–Kier alpha value is -3.56. The molecule has 3 aliphatic rings. The molecule has 2 aromatic rings. The summed E-state index contributed by atoms with van der Waals surface area (Å²) in [6, 6.07) is 4.34. The SMILES string of the molecule is C[C@@H]1O[C@@H](O[C@H]2C[C@](O)(CO)Cc3c(O)c4c(c(O)c32)C(=O)c2ccccc2C4=O)C[C@H](NC(=O)C(F)(F)F)[C@@H]1O. The lowest BCUT2D eigenvalue weighted by atomic mass is 9.73. The predicted molar refractivity (Wildman–Crippen MR) is 130 cm³/mol. The second-order valence-corrected chi connectivity index (χ2v) is 10.5. The van der Waals surface area contributed by atoms with Crippen molar-refractivity contribution in [1.82, 2.24) is 5.32 Å². The van der Waals surface area contributed by atoms with Crippen LogP contribution in [0.3, 0.4) is 0 Å². The van der Waals surface area contributed by atoms with Crippen molar-refractivity contribution in [1.29, 1.82) is 0 Å². The maximum absolute atomic E-state index is 13.4. The van der Waals surface area contributed by atoms with Gasteiger partial charge in [-0.2, -0.15) is 13.2 Å². The molecule has 1 saturated heterocycles. The van der Waals surface area contributed by atoms with Crippen LogP contribution in [-0.2, 0) is 20.7 Å². The van der Waals surface area contributed by atoms with E-state index < -0.39 is 108 Å². The lowest BCUT2D eigenvalue weighted by Crippen LogP contribution is -2.57. The van der Waals surface area contributed by atoms with Crippen molar-refractivity contribution in [3.05, 3.63) is 57.6 Å². The first kappa shape index (κ1) is 29.0. The van der Waals surface area contributed by atoms with Gasteiger partial charge in [-0.15, -0.1) is 0 Å². The van der Waals surface area contributed by atoms with Crippen LogP contribution in [0.4, 0.5) is 13.2 Å². The fourth-order valence-corrected chi connectivity index (χ4v) is 5.71. The number of amides is 1. The smallest absolute Gasteiger partial charge is 0.471 e. The van der Waals surface area contributed by atoms with Gasteiger partial charge in [-0.3, -0.25) is 14.4 Å². The number of carbonyl (C=O) groups excluding carboxylic acids is 3. The van der Waals surface area contributed by atoms with Crippen LogP contribution in [0.2, 0.25) is 0 Å². The molecule has 14 heteroatoms. The highest BCUT2D eigenvalue weighted by atomic mass is 19.4. The summed E-state index contributed by atoms with van der Waals surface area (Å²) in [7, 11) is 0. The van der Waals surface area contributed by atoms with E-state index in [-0.39, 0.29) is 22.3 Å². The lowest BCUT2D eigenvalue weighted by molar-refractivity contribution is -0.252.